The van der Waals surface area contributed by atoms with Crippen LogP contribution in [0.15, 0.2) is 30.5 Å². The molecule has 0 aliphatic carbocycles. The van der Waals surface area contributed by atoms with Gasteiger partial charge >= 0.3 is 5.97 Å². The van der Waals surface area contributed by atoms with E-state index in [1.165, 1.54) is 7.11 Å². The molecule has 0 aliphatic heterocycles. The lowest BCUT2D eigenvalue weighted by Crippen LogP contribution is -2.11. The van der Waals surface area contributed by atoms with Gasteiger partial charge in [-0.3, -0.25) is 4.98 Å². The third kappa shape index (κ3) is 2.90. The van der Waals surface area contributed by atoms with Gasteiger partial charge in [-0.2, -0.15) is 0 Å². The van der Waals surface area contributed by atoms with E-state index in [-0.39, 0.29) is 5.97 Å². The molecule has 0 spiro atoms. The molecule has 4 nitrogen and oxygen atoms in total. The predicted octanol–water partition coefficient (Wildman–Crippen LogP) is 2.98. The summed E-state index contributed by atoms with van der Waals surface area (Å²) in [6.07, 6.45) is 3.62. The van der Waals surface area contributed by atoms with E-state index in [0.29, 0.717) is 12.1 Å². The number of carbonyl (C=O) groups excluding carboxylic acids is 1. The molecule has 2 aromatic heterocycles. The number of hydrogen-bond acceptors (Lipinski definition) is 3. The van der Waals surface area contributed by atoms with E-state index in [0.717, 1.165) is 29.9 Å². The molecule has 0 bridgehead atoms. The van der Waals surface area contributed by atoms with E-state index in [4.69, 9.17) is 4.74 Å². The molecule has 20 heavy (non-hydrogen) atoms. The normalized spacial score (nSPS) is 10.6. The van der Waals surface area contributed by atoms with Gasteiger partial charge in [0.1, 0.15) is 0 Å². The molecule has 0 radical (unpaired) electrons. The lowest BCUT2D eigenvalue weighted by molar-refractivity contribution is 0.0599. The Kier molecular flexibility index (Phi) is 4.56. The highest BCUT2D eigenvalue weighted by atomic mass is 16.5. The molecule has 0 saturated heterocycles. The minimum absolute atomic E-state index is 0.267. The number of esters is 1. The molecular formula is C16H20N2O2. The predicted molar refractivity (Wildman–Crippen MR) is 77.8 cm³/mol. The van der Waals surface area contributed by atoms with Crippen molar-refractivity contribution in [2.75, 3.05) is 7.11 Å². The van der Waals surface area contributed by atoms with Gasteiger partial charge in [0.15, 0.2) is 0 Å². The minimum atomic E-state index is -0.267. The summed E-state index contributed by atoms with van der Waals surface area (Å²) in [5, 5.41) is 0. The molecule has 4 heteroatoms. The maximum absolute atomic E-state index is 11.9. The van der Waals surface area contributed by atoms with Crippen LogP contribution >= 0.6 is 0 Å². The van der Waals surface area contributed by atoms with E-state index in [2.05, 4.69) is 16.5 Å². The second-order valence-corrected chi connectivity index (χ2v) is 4.79. The minimum Gasteiger partial charge on any atom is -0.465 e. The molecule has 2 rings (SSSR count). The highest BCUT2D eigenvalue weighted by molar-refractivity contribution is 5.91. The molecule has 0 fully saturated rings. The van der Waals surface area contributed by atoms with Crippen molar-refractivity contribution in [1.29, 1.82) is 0 Å². The second kappa shape index (κ2) is 6.37. The van der Waals surface area contributed by atoms with Gasteiger partial charge in [-0.15, -0.1) is 0 Å². The Morgan fingerprint density at radius 3 is 2.80 bits per heavy atom. The fourth-order valence-corrected chi connectivity index (χ4v) is 2.40. The van der Waals surface area contributed by atoms with E-state index in [1.807, 2.05) is 31.2 Å². The zero-order chi connectivity index (χ0) is 14.5. The number of rotatable bonds is 5. The fraction of sp³-hybridized carbons (Fsp3) is 0.375. The largest absolute Gasteiger partial charge is 0.465 e. The van der Waals surface area contributed by atoms with Gasteiger partial charge in [0.2, 0.25) is 0 Å². The number of aromatic nitrogens is 2. The average Bonchev–Trinajstić information content (AvgIpc) is 2.77. The first kappa shape index (κ1) is 14.3. The third-order valence-corrected chi connectivity index (χ3v) is 3.35. The van der Waals surface area contributed by atoms with Crippen LogP contribution in [0.2, 0.25) is 0 Å². The van der Waals surface area contributed by atoms with Crippen molar-refractivity contribution in [3.63, 3.8) is 0 Å². The van der Waals surface area contributed by atoms with Gasteiger partial charge in [-0.25, -0.2) is 4.79 Å². The van der Waals surface area contributed by atoms with Crippen LogP contribution in [-0.4, -0.2) is 22.6 Å². The first-order chi connectivity index (χ1) is 9.67. The summed E-state index contributed by atoms with van der Waals surface area (Å²) in [6.45, 7) is 4.79. The first-order valence-electron chi connectivity index (χ1n) is 6.84. The number of nitrogens with zero attached hydrogens (tertiary/aromatic N) is 2. The fourth-order valence-electron chi connectivity index (χ4n) is 2.40. The monoisotopic (exact) mass is 272 g/mol. The molecular weight excluding hydrogens is 252 g/mol. The summed E-state index contributed by atoms with van der Waals surface area (Å²) < 4.78 is 7.02. The maximum atomic E-state index is 11.9. The van der Waals surface area contributed by atoms with Crippen molar-refractivity contribution < 1.29 is 9.53 Å². The second-order valence-electron chi connectivity index (χ2n) is 4.79. The zero-order valence-corrected chi connectivity index (χ0v) is 12.2. The molecule has 0 aromatic carbocycles. The van der Waals surface area contributed by atoms with Crippen LogP contribution in [0.25, 0.3) is 0 Å². The van der Waals surface area contributed by atoms with Crippen LogP contribution in [-0.2, 0) is 17.7 Å². The number of ether oxygens (including phenoxy) is 1. The number of carbonyl (C=O) groups is 1. The van der Waals surface area contributed by atoms with E-state index >= 15 is 0 Å². The Labute approximate surface area is 119 Å². The van der Waals surface area contributed by atoms with Crippen molar-refractivity contribution in [2.45, 2.75) is 33.2 Å². The van der Waals surface area contributed by atoms with Crippen LogP contribution in [0.1, 0.15) is 40.8 Å². The lowest BCUT2D eigenvalue weighted by atomic mass is 10.1. The molecule has 0 atom stereocenters. The van der Waals surface area contributed by atoms with Crippen molar-refractivity contribution in [3.8, 4) is 0 Å². The molecule has 106 valence electrons. The van der Waals surface area contributed by atoms with Gasteiger partial charge < -0.3 is 9.30 Å². The quantitative estimate of drug-likeness (QED) is 0.786. The van der Waals surface area contributed by atoms with Crippen molar-refractivity contribution in [3.05, 3.63) is 53.1 Å². The number of pyridine rings is 1. The van der Waals surface area contributed by atoms with Crippen LogP contribution < -0.4 is 0 Å². The summed E-state index contributed by atoms with van der Waals surface area (Å²) >= 11 is 0. The van der Waals surface area contributed by atoms with Gasteiger partial charge in [-0.1, -0.05) is 19.4 Å². The summed E-state index contributed by atoms with van der Waals surface area (Å²) in [7, 11) is 1.42. The van der Waals surface area contributed by atoms with Crippen LogP contribution in [0.5, 0.6) is 0 Å². The molecule has 2 heterocycles. The summed E-state index contributed by atoms with van der Waals surface area (Å²) in [5.74, 6) is -0.267. The Hall–Kier alpha value is -2.10. The van der Waals surface area contributed by atoms with E-state index in [9.17, 15) is 4.79 Å². The Morgan fingerprint density at radius 2 is 2.20 bits per heavy atom. The molecule has 0 unspecified atom stereocenters. The Morgan fingerprint density at radius 1 is 1.40 bits per heavy atom. The van der Waals surface area contributed by atoms with Gasteiger partial charge in [0.25, 0.3) is 0 Å². The van der Waals surface area contributed by atoms with Crippen molar-refractivity contribution in [1.82, 2.24) is 9.55 Å². The highest BCUT2D eigenvalue weighted by Crippen LogP contribution is 2.20. The van der Waals surface area contributed by atoms with Crippen LogP contribution in [0, 0.1) is 6.92 Å². The summed E-state index contributed by atoms with van der Waals surface area (Å²) in [6, 6.07) is 7.77. The van der Waals surface area contributed by atoms with Crippen molar-refractivity contribution >= 4 is 5.97 Å². The lowest BCUT2D eigenvalue weighted by Gasteiger charge is -2.12. The zero-order valence-electron chi connectivity index (χ0n) is 12.2. The highest BCUT2D eigenvalue weighted by Gasteiger charge is 2.18. The SMILES string of the molecule is CCCc1c(C(=O)OC)cc(C)n1Cc1ccccn1. The first-order valence-corrected chi connectivity index (χ1v) is 6.84. The molecule has 0 N–H and O–H groups in total. The molecule has 2 aromatic rings. The number of methoxy groups -OCH3 is 1. The van der Waals surface area contributed by atoms with E-state index < -0.39 is 0 Å². The molecule has 0 saturated carbocycles. The molecule has 0 amide bonds. The summed E-state index contributed by atoms with van der Waals surface area (Å²) in [5.41, 5.74) is 3.74. The summed E-state index contributed by atoms with van der Waals surface area (Å²) in [4.78, 5) is 16.2. The van der Waals surface area contributed by atoms with Crippen LogP contribution in [0.3, 0.4) is 0 Å². The van der Waals surface area contributed by atoms with E-state index in [1.54, 1.807) is 6.20 Å². The van der Waals surface area contributed by atoms with Crippen molar-refractivity contribution in [2.24, 2.45) is 0 Å². The maximum Gasteiger partial charge on any atom is 0.339 e. The van der Waals surface area contributed by atoms with Gasteiger partial charge in [0, 0.05) is 17.6 Å². The third-order valence-electron chi connectivity index (χ3n) is 3.35. The van der Waals surface area contributed by atoms with Gasteiger partial charge in [0.05, 0.1) is 24.9 Å². The molecule has 0 aliphatic rings. The van der Waals surface area contributed by atoms with Crippen LogP contribution in [0.4, 0.5) is 0 Å². The average molecular weight is 272 g/mol. The number of hydrogen-bond donors (Lipinski definition) is 0. The number of aryl methyl sites for hydroxylation is 1. The Balaban J connectivity index is 2.41. The Bertz CT molecular complexity index is 588. The van der Waals surface area contributed by atoms with Gasteiger partial charge in [-0.05, 0) is 31.5 Å². The smallest absolute Gasteiger partial charge is 0.339 e. The topological polar surface area (TPSA) is 44.1 Å². The standard InChI is InChI=1S/C16H20N2O2/c1-4-7-15-14(16(19)20-3)10-12(2)18(15)11-13-8-5-6-9-17-13/h5-6,8-10H,4,7,11H2,1-3H3.